The normalized spacial score (nSPS) is 21.0. The summed E-state index contributed by atoms with van der Waals surface area (Å²) in [7, 11) is 0. The molecule has 1 fully saturated rings. The lowest BCUT2D eigenvalue weighted by atomic mass is 9.98. The van der Waals surface area contributed by atoms with Crippen molar-refractivity contribution in [2.75, 3.05) is 6.54 Å². The molecule has 22 heavy (non-hydrogen) atoms. The molecule has 0 aromatic carbocycles. The quantitative estimate of drug-likeness (QED) is 0.713. The van der Waals surface area contributed by atoms with E-state index >= 15 is 0 Å². The van der Waals surface area contributed by atoms with E-state index < -0.39 is 17.9 Å². The Morgan fingerprint density at radius 3 is 2.32 bits per heavy atom. The minimum Gasteiger partial charge on any atom is -0.480 e. The van der Waals surface area contributed by atoms with Crippen LogP contribution in [0.15, 0.2) is 0 Å². The van der Waals surface area contributed by atoms with Gasteiger partial charge in [-0.3, -0.25) is 9.59 Å². The van der Waals surface area contributed by atoms with Gasteiger partial charge >= 0.3 is 5.97 Å². The van der Waals surface area contributed by atoms with Crippen LogP contribution in [0.4, 0.5) is 0 Å². The number of nitrogens with zero attached hydrogens (tertiary/aromatic N) is 1. The summed E-state index contributed by atoms with van der Waals surface area (Å²) in [6, 6.07) is -0.732. The first kappa shape index (κ1) is 18.5. The van der Waals surface area contributed by atoms with E-state index in [0.29, 0.717) is 13.0 Å². The van der Waals surface area contributed by atoms with E-state index in [1.54, 1.807) is 11.8 Å². The van der Waals surface area contributed by atoms with Gasteiger partial charge in [0.1, 0.15) is 6.04 Å². The minimum atomic E-state index is -1.02. The van der Waals surface area contributed by atoms with Crippen LogP contribution in [-0.2, 0) is 14.4 Å². The number of carboxylic acids is 1. The van der Waals surface area contributed by atoms with Crippen molar-refractivity contribution in [1.29, 1.82) is 0 Å². The molecule has 0 radical (unpaired) electrons. The van der Waals surface area contributed by atoms with Crippen LogP contribution in [0.3, 0.4) is 0 Å². The maximum atomic E-state index is 12.3. The molecule has 1 rings (SSSR count). The number of hydrogen-bond donors (Lipinski definition) is 2. The van der Waals surface area contributed by atoms with Crippen LogP contribution in [-0.4, -0.2) is 46.4 Å². The monoisotopic (exact) mass is 312 g/mol. The Morgan fingerprint density at radius 1 is 1.27 bits per heavy atom. The fraction of sp³-hybridized carbons (Fsp3) is 0.812. The highest BCUT2D eigenvalue weighted by atomic mass is 16.4. The molecular formula is C16H28N2O4. The molecule has 0 aromatic heterocycles. The number of amides is 2. The lowest BCUT2D eigenvalue weighted by Crippen LogP contribution is -2.47. The molecule has 2 amide bonds. The molecule has 6 heteroatoms. The number of carbonyl (C=O) groups excluding carboxylic acids is 2. The topological polar surface area (TPSA) is 86.7 Å². The van der Waals surface area contributed by atoms with Crippen LogP contribution in [0.25, 0.3) is 0 Å². The number of hydrogen-bond acceptors (Lipinski definition) is 3. The van der Waals surface area contributed by atoms with E-state index in [0.717, 1.165) is 12.8 Å². The van der Waals surface area contributed by atoms with Crippen molar-refractivity contribution in [3.05, 3.63) is 0 Å². The van der Waals surface area contributed by atoms with E-state index in [4.69, 9.17) is 0 Å². The predicted octanol–water partition coefficient (Wildman–Crippen LogP) is 1.64. The summed E-state index contributed by atoms with van der Waals surface area (Å²) in [5.74, 6) is -1.95. The Bertz CT molecular complexity index is 420. The number of carboxylic acid groups (broad SMARTS) is 1. The molecule has 1 aliphatic rings. The fourth-order valence-electron chi connectivity index (χ4n) is 2.94. The second-order valence-corrected chi connectivity index (χ2v) is 6.13. The zero-order chi connectivity index (χ0) is 16.9. The van der Waals surface area contributed by atoms with Gasteiger partial charge in [0, 0.05) is 19.0 Å². The molecule has 0 aliphatic carbocycles. The van der Waals surface area contributed by atoms with E-state index in [9.17, 15) is 19.5 Å². The van der Waals surface area contributed by atoms with Gasteiger partial charge in [0.2, 0.25) is 11.8 Å². The number of likely N-dealkylation sites (tertiary alicyclic amines) is 1. The first-order valence-electron chi connectivity index (χ1n) is 8.18. The van der Waals surface area contributed by atoms with Crippen LogP contribution in [0.5, 0.6) is 0 Å². The third-order valence-electron chi connectivity index (χ3n) is 4.69. The van der Waals surface area contributed by atoms with Crippen molar-refractivity contribution in [3.63, 3.8) is 0 Å². The van der Waals surface area contributed by atoms with Gasteiger partial charge in [0.05, 0.1) is 5.92 Å². The summed E-state index contributed by atoms with van der Waals surface area (Å²) in [6.45, 7) is 8.14. The maximum Gasteiger partial charge on any atom is 0.326 e. The highest BCUT2D eigenvalue weighted by Gasteiger charge is 2.38. The molecule has 1 unspecified atom stereocenters. The fourth-order valence-corrected chi connectivity index (χ4v) is 2.94. The summed E-state index contributed by atoms with van der Waals surface area (Å²) < 4.78 is 0. The first-order valence-corrected chi connectivity index (χ1v) is 8.18. The number of nitrogens with one attached hydrogen (secondary N) is 1. The van der Waals surface area contributed by atoms with E-state index in [-0.39, 0.29) is 30.2 Å². The predicted molar refractivity (Wildman–Crippen MR) is 83.2 cm³/mol. The van der Waals surface area contributed by atoms with E-state index in [1.807, 2.05) is 20.8 Å². The Labute approximate surface area is 132 Å². The molecule has 2 N–H and O–H groups in total. The Hall–Kier alpha value is -1.59. The highest BCUT2D eigenvalue weighted by molar-refractivity contribution is 5.91. The minimum absolute atomic E-state index is 0.00994. The average molecular weight is 312 g/mol. The van der Waals surface area contributed by atoms with Crippen molar-refractivity contribution in [3.8, 4) is 0 Å². The molecule has 0 saturated carbocycles. The third kappa shape index (κ3) is 4.21. The Morgan fingerprint density at radius 2 is 1.86 bits per heavy atom. The van der Waals surface area contributed by atoms with Crippen molar-refractivity contribution in [1.82, 2.24) is 10.2 Å². The molecule has 1 heterocycles. The van der Waals surface area contributed by atoms with Gasteiger partial charge in [0.15, 0.2) is 0 Å². The Balaban J connectivity index is 2.71. The second kappa shape index (κ2) is 8.15. The van der Waals surface area contributed by atoms with Gasteiger partial charge in [-0.15, -0.1) is 0 Å². The third-order valence-corrected chi connectivity index (χ3v) is 4.69. The van der Waals surface area contributed by atoms with Crippen LogP contribution in [0.2, 0.25) is 0 Å². The van der Waals surface area contributed by atoms with E-state index in [2.05, 4.69) is 5.32 Å². The van der Waals surface area contributed by atoms with Crippen LogP contribution in [0.1, 0.15) is 53.4 Å². The van der Waals surface area contributed by atoms with Crippen molar-refractivity contribution >= 4 is 17.8 Å². The average Bonchev–Trinajstić information content (AvgIpc) is 2.87. The smallest absolute Gasteiger partial charge is 0.326 e. The molecule has 0 bridgehead atoms. The molecule has 0 aromatic rings. The SMILES string of the molecule is CCC(CC)N1CC(C(=O)N[C@H](C(=O)O)[C@@H](C)CC)CC1=O. The lowest BCUT2D eigenvalue weighted by Gasteiger charge is -2.26. The molecular weight excluding hydrogens is 284 g/mol. The first-order chi connectivity index (χ1) is 10.3. The van der Waals surface area contributed by atoms with Gasteiger partial charge in [-0.2, -0.15) is 0 Å². The maximum absolute atomic E-state index is 12.3. The van der Waals surface area contributed by atoms with Gasteiger partial charge in [-0.25, -0.2) is 4.79 Å². The summed E-state index contributed by atoms with van der Waals surface area (Å²) in [5, 5.41) is 11.9. The van der Waals surface area contributed by atoms with Crippen LogP contribution >= 0.6 is 0 Å². The largest absolute Gasteiger partial charge is 0.480 e. The number of carbonyl (C=O) groups is 3. The summed E-state index contributed by atoms with van der Waals surface area (Å²) in [6.07, 6.45) is 2.57. The van der Waals surface area contributed by atoms with Crippen molar-refractivity contribution in [2.24, 2.45) is 11.8 Å². The van der Waals surface area contributed by atoms with Crippen LogP contribution in [0, 0.1) is 11.8 Å². The molecule has 1 aliphatic heterocycles. The van der Waals surface area contributed by atoms with Gasteiger partial charge in [-0.05, 0) is 18.8 Å². The zero-order valence-corrected chi connectivity index (χ0v) is 14.0. The highest BCUT2D eigenvalue weighted by Crippen LogP contribution is 2.23. The van der Waals surface area contributed by atoms with Gasteiger partial charge in [0.25, 0.3) is 0 Å². The molecule has 0 spiro atoms. The summed E-state index contributed by atoms with van der Waals surface area (Å²) in [5.41, 5.74) is 0. The summed E-state index contributed by atoms with van der Waals surface area (Å²) >= 11 is 0. The number of aliphatic carboxylic acids is 1. The standard InChI is InChI=1S/C16H28N2O4/c1-5-10(4)14(16(21)22)17-15(20)11-8-13(19)18(9-11)12(6-2)7-3/h10-12,14H,5-9H2,1-4H3,(H,17,20)(H,21,22)/t10-,11?,14-/m0/s1. The van der Waals surface area contributed by atoms with Crippen molar-refractivity contribution < 1.29 is 19.5 Å². The van der Waals surface area contributed by atoms with Gasteiger partial charge in [-0.1, -0.05) is 34.1 Å². The molecule has 1 saturated heterocycles. The lowest BCUT2D eigenvalue weighted by molar-refractivity contribution is -0.144. The molecule has 126 valence electrons. The van der Waals surface area contributed by atoms with Gasteiger partial charge < -0.3 is 15.3 Å². The van der Waals surface area contributed by atoms with Crippen molar-refractivity contribution in [2.45, 2.75) is 65.5 Å². The summed E-state index contributed by atoms with van der Waals surface area (Å²) in [4.78, 5) is 37.5. The number of rotatable bonds is 8. The van der Waals surface area contributed by atoms with E-state index in [1.165, 1.54) is 0 Å². The second-order valence-electron chi connectivity index (χ2n) is 6.13. The Kier molecular flexibility index (Phi) is 6.84. The van der Waals surface area contributed by atoms with Crippen LogP contribution < -0.4 is 5.32 Å². The molecule has 6 nitrogen and oxygen atoms in total. The molecule has 3 atom stereocenters. The zero-order valence-electron chi connectivity index (χ0n) is 14.0.